The lowest BCUT2D eigenvalue weighted by atomic mass is 10.1. The van der Waals surface area contributed by atoms with Crippen LogP contribution in [0.4, 0.5) is 4.39 Å². The van der Waals surface area contributed by atoms with Crippen molar-refractivity contribution in [2.24, 2.45) is 11.4 Å². The molecule has 0 saturated heterocycles. The number of aromatic nitrogens is 2. The van der Waals surface area contributed by atoms with Crippen molar-refractivity contribution < 1.29 is 4.39 Å². The second-order valence-corrected chi connectivity index (χ2v) is 7.20. The number of nitrogens with zero attached hydrogens (tertiary/aromatic N) is 3. The van der Waals surface area contributed by atoms with Crippen molar-refractivity contribution >= 4 is 18.2 Å². The van der Waals surface area contributed by atoms with Gasteiger partial charge in [0, 0.05) is 35.3 Å². The molecule has 0 fully saturated rings. The van der Waals surface area contributed by atoms with Gasteiger partial charge >= 0.3 is 0 Å². The normalized spacial score (nSPS) is 12.2. The average Bonchev–Trinajstić information content (AvgIpc) is 2.76. The Bertz CT molecular complexity index is 626. The van der Waals surface area contributed by atoms with Crippen molar-refractivity contribution in [1.29, 1.82) is 0 Å². The number of hydrogen-bond donors (Lipinski definition) is 0. The van der Waals surface area contributed by atoms with Crippen molar-refractivity contribution in [2.75, 3.05) is 0 Å². The summed E-state index contributed by atoms with van der Waals surface area (Å²) in [6.07, 6.45) is 5.15. The molecule has 0 N–H and O–H groups in total. The third-order valence-corrected chi connectivity index (χ3v) is 3.32. The van der Waals surface area contributed by atoms with E-state index >= 15 is 0 Å². The van der Waals surface area contributed by atoms with Crippen LogP contribution < -0.4 is 0 Å². The van der Waals surface area contributed by atoms with Gasteiger partial charge in [0.05, 0.1) is 6.20 Å². The van der Waals surface area contributed by atoms with Gasteiger partial charge in [0.25, 0.3) is 0 Å². The van der Waals surface area contributed by atoms with E-state index in [1.165, 1.54) is 18.0 Å². The molecule has 1 heterocycles. The molecule has 106 valence electrons. The SMILES string of the molecule is Cn1cc(-c2ccc(C=NSC(C)(C)C)c(F)c2)cn1. The largest absolute Gasteiger partial charge is 0.275 e. The topological polar surface area (TPSA) is 30.2 Å². The molecule has 0 bridgehead atoms. The number of halogens is 1. The van der Waals surface area contributed by atoms with Gasteiger partial charge < -0.3 is 0 Å². The molecule has 1 aromatic carbocycles. The second kappa shape index (κ2) is 5.79. The minimum Gasteiger partial charge on any atom is -0.275 e. The smallest absolute Gasteiger partial charge is 0.132 e. The van der Waals surface area contributed by atoms with Crippen LogP contribution >= 0.6 is 11.9 Å². The Morgan fingerprint density at radius 1 is 1.30 bits per heavy atom. The van der Waals surface area contributed by atoms with E-state index in [4.69, 9.17) is 0 Å². The first-order valence-corrected chi connectivity index (χ1v) is 7.12. The van der Waals surface area contributed by atoms with Crippen LogP contribution in [0.2, 0.25) is 0 Å². The molecule has 3 nitrogen and oxygen atoms in total. The molecule has 5 heteroatoms. The quantitative estimate of drug-likeness (QED) is 0.630. The van der Waals surface area contributed by atoms with Gasteiger partial charge in [-0.15, -0.1) is 0 Å². The predicted octanol–water partition coefficient (Wildman–Crippen LogP) is 4.09. The number of benzene rings is 1. The third-order valence-electron chi connectivity index (χ3n) is 2.56. The molecule has 0 atom stereocenters. The van der Waals surface area contributed by atoms with Crippen LogP contribution in [0.3, 0.4) is 0 Å². The maximum Gasteiger partial charge on any atom is 0.132 e. The first-order chi connectivity index (χ1) is 9.35. The monoisotopic (exact) mass is 291 g/mol. The zero-order chi connectivity index (χ0) is 14.8. The van der Waals surface area contributed by atoms with E-state index in [0.717, 1.165) is 11.1 Å². The minimum atomic E-state index is -0.274. The molecule has 0 aliphatic carbocycles. The first-order valence-electron chi connectivity index (χ1n) is 6.35. The lowest BCUT2D eigenvalue weighted by Crippen LogP contribution is -2.05. The Kier molecular flexibility index (Phi) is 4.28. The number of hydrogen-bond acceptors (Lipinski definition) is 3. The summed E-state index contributed by atoms with van der Waals surface area (Å²) >= 11 is 1.43. The van der Waals surface area contributed by atoms with Gasteiger partial charge in [-0.2, -0.15) is 5.10 Å². The summed E-state index contributed by atoms with van der Waals surface area (Å²) in [5, 5.41) is 4.09. The minimum absolute atomic E-state index is 0.0304. The molecule has 0 aliphatic heterocycles. The lowest BCUT2D eigenvalue weighted by molar-refractivity contribution is 0.626. The van der Waals surface area contributed by atoms with Crippen LogP contribution in [0.1, 0.15) is 26.3 Å². The van der Waals surface area contributed by atoms with Gasteiger partial charge in [-0.3, -0.25) is 4.68 Å². The van der Waals surface area contributed by atoms with E-state index in [-0.39, 0.29) is 10.6 Å². The van der Waals surface area contributed by atoms with Crippen LogP contribution in [-0.4, -0.2) is 20.7 Å². The fourth-order valence-corrected chi connectivity index (χ4v) is 2.11. The number of rotatable bonds is 3. The van der Waals surface area contributed by atoms with Gasteiger partial charge in [0.1, 0.15) is 5.82 Å². The molecule has 1 aromatic heterocycles. The molecule has 2 aromatic rings. The van der Waals surface area contributed by atoms with Crippen LogP contribution in [0, 0.1) is 5.82 Å². The van der Waals surface area contributed by atoms with Crippen molar-refractivity contribution in [1.82, 2.24) is 9.78 Å². The zero-order valence-electron chi connectivity index (χ0n) is 12.1. The molecule has 0 radical (unpaired) electrons. The van der Waals surface area contributed by atoms with E-state index in [9.17, 15) is 4.39 Å². The molecule has 0 aliphatic rings. The highest BCUT2D eigenvalue weighted by atomic mass is 32.2. The summed E-state index contributed by atoms with van der Waals surface area (Å²) in [5.74, 6) is -0.274. The Balaban J connectivity index is 2.18. The van der Waals surface area contributed by atoms with Crippen LogP contribution in [0.25, 0.3) is 11.1 Å². The van der Waals surface area contributed by atoms with Crippen molar-refractivity contribution in [2.45, 2.75) is 25.5 Å². The first kappa shape index (κ1) is 14.8. The van der Waals surface area contributed by atoms with Gasteiger partial charge in [0.15, 0.2) is 0 Å². The Hall–Kier alpha value is -1.62. The lowest BCUT2D eigenvalue weighted by Gasteiger charge is -2.12. The molecule has 0 amide bonds. The van der Waals surface area contributed by atoms with Gasteiger partial charge in [-0.05, 0) is 50.4 Å². The molecule has 0 spiro atoms. The van der Waals surface area contributed by atoms with Gasteiger partial charge in [-0.25, -0.2) is 8.79 Å². The van der Waals surface area contributed by atoms with Gasteiger partial charge in [0.2, 0.25) is 0 Å². The molecule has 2 rings (SSSR count). The van der Waals surface area contributed by atoms with Crippen molar-refractivity contribution in [3.8, 4) is 11.1 Å². The molecule has 0 unspecified atom stereocenters. The Labute approximate surface area is 123 Å². The predicted molar refractivity (Wildman–Crippen MR) is 83.5 cm³/mol. The van der Waals surface area contributed by atoms with E-state index < -0.39 is 0 Å². The van der Waals surface area contributed by atoms with Crippen LogP contribution in [0.15, 0.2) is 35.0 Å². The molecule has 0 saturated carbocycles. The Morgan fingerprint density at radius 2 is 2.05 bits per heavy atom. The molecule has 20 heavy (non-hydrogen) atoms. The van der Waals surface area contributed by atoms with Crippen LogP contribution in [0.5, 0.6) is 0 Å². The van der Waals surface area contributed by atoms with Crippen molar-refractivity contribution in [3.05, 3.63) is 42.0 Å². The maximum atomic E-state index is 14.0. The summed E-state index contributed by atoms with van der Waals surface area (Å²) < 4.78 is 20.0. The molecular formula is C15H18FN3S. The summed E-state index contributed by atoms with van der Waals surface area (Å²) in [5.41, 5.74) is 2.21. The highest BCUT2D eigenvalue weighted by molar-refractivity contribution is 7.99. The molecular weight excluding hydrogens is 273 g/mol. The average molecular weight is 291 g/mol. The highest BCUT2D eigenvalue weighted by Crippen LogP contribution is 2.25. The second-order valence-electron chi connectivity index (χ2n) is 5.58. The van der Waals surface area contributed by atoms with E-state index in [2.05, 4.69) is 30.3 Å². The summed E-state index contributed by atoms with van der Waals surface area (Å²) in [6.45, 7) is 6.20. The van der Waals surface area contributed by atoms with Gasteiger partial charge in [-0.1, -0.05) is 6.07 Å². The van der Waals surface area contributed by atoms with Crippen molar-refractivity contribution in [3.63, 3.8) is 0 Å². The number of aryl methyl sites for hydroxylation is 1. The standard InChI is InChI=1S/C15H18FN3S/c1-15(2,3)20-18-9-12-6-5-11(7-14(12)16)13-8-17-19(4)10-13/h5-10H,1-4H3. The zero-order valence-corrected chi connectivity index (χ0v) is 12.9. The van der Waals surface area contributed by atoms with E-state index in [0.29, 0.717) is 5.56 Å². The fraction of sp³-hybridized carbons (Fsp3) is 0.333. The summed E-state index contributed by atoms with van der Waals surface area (Å²) in [7, 11) is 1.84. The van der Waals surface area contributed by atoms with E-state index in [1.807, 2.05) is 19.3 Å². The third kappa shape index (κ3) is 3.93. The van der Waals surface area contributed by atoms with Crippen LogP contribution in [-0.2, 0) is 7.05 Å². The maximum absolute atomic E-state index is 14.0. The highest BCUT2D eigenvalue weighted by Gasteiger charge is 2.10. The Morgan fingerprint density at radius 3 is 2.60 bits per heavy atom. The summed E-state index contributed by atoms with van der Waals surface area (Å²) in [4.78, 5) is 0. The fourth-order valence-electron chi connectivity index (χ4n) is 1.62. The van der Waals surface area contributed by atoms with E-state index in [1.54, 1.807) is 23.2 Å². The summed E-state index contributed by atoms with van der Waals surface area (Å²) in [6, 6.07) is 5.13.